The molecule has 0 spiro atoms. The molecule has 2 amide bonds. The molecule has 0 fully saturated rings. The Balaban J connectivity index is 1.44. The number of carbonyl (C=O) groups excluding carboxylic acids is 2. The van der Waals surface area contributed by atoms with Crippen molar-refractivity contribution in [3.63, 3.8) is 0 Å². The van der Waals surface area contributed by atoms with E-state index in [0.717, 1.165) is 27.8 Å². The van der Waals surface area contributed by atoms with Gasteiger partial charge < -0.3 is 15.0 Å². The maximum absolute atomic E-state index is 12.9. The number of carbonyl (C=O) groups is 2. The number of amides is 2. The van der Waals surface area contributed by atoms with E-state index in [2.05, 4.69) is 17.4 Å². The van der Waals surface area contributed by atoms with Crippen LogP contribution >= 0.6 is 11.6 Å². The Bertz CT molecular complexity index is 1080. The van der Waals surface area contributed by atoms with Crippen LogP contribution in [0.1, 0.15) is 24.9 Å². The van der Waals surface area contributed by atoms with E-state index in [9.17, 15) is 9.59 Å². The summed E-state index contributed by atoms with van der Waals surface area (Å²) in [6, 6.07) is 18.7. The average Bonchev–Trinajstić information content (AvgIpc) is 2.96. The summed E-state index contributed by atoms with van der Waals surface area (Å²) < 4.78 is 5.98. The number of nitrogens with zero attached hydrogens (tertiary/aromatic N) is 1. The second-order valence-corrected chi connectivity index (χ2v) is 7.44. The van der Waals surface area contributed by atoms with Gasteiger partial charge in [-0.15, -0.1) is 0 Å². The summed E-state index contributed by atoms with van der Waals surface area (Å²) in [6.07, 6.45) is 0.657. The summed E-state index contributed by atoms with van der Waals surface area (Å²) in [5, 5.41) is 5.45. The fraction of sp³-hybridized carbons (Fsp3) is 0.217. The largest absolute Gasteiger partial charge is 0.493 e. The minimum atomic E-state index is -0.694. The smallest absolute Gasteiger partial charge is 0.254 e. The Morgan fingerprint density at radius 1 is 1.14 bits per heavy atom. The van der Waals surface area contributed by atoms with Crippen molar-refractivity contribution in [1.82, 2.24) is 5.32 Å². The molecule has 148 valence electrons. The van der Waals surface area contributed by atoms with Gasteiger partial charge in [0.05, 0.1) is 6.61 Å². The Morgan fingerprint density at radius 2 is 1.93 bits per heavy atom. The van der Waals surface area contributed by atoms with E-state index < -0.39 is 6.04 Å². The van der Waals surface area contributed by atoms with Crippen molar-refractivity contribution in [2.45, 2.75) is 19.4 Å². The van der Waals surface area contributed by atoms with E-state index in [4.69, 9.17) is 16.3 Å². The Hall–Kier alpha value is -3.05. The summed E-state index contributed by atoms with van der Waals surface area (Å²) in [5.41, 5.74) is 1.51. The number of rotatable bonds is 6. The maximum atomic E-state index is 12.9. The van der Waals surface area contributed by atoms with Crippen LogP contribution in [0.15, 0.2) is 60.7 Å². The first-order valence-corrected chi connectivity index (χ1v) is 9.91. The zero-order chi connectivity index (χ0) is 20.4. The number of nitrogens with one attached hydrogen (secondary N) is 1. The normalized spacial score (nSPS) is 15.4. The van der Waals surface area contributed by atoms with Gasteiger partial charge in [0.25, 0.3) is 5.91 Å². The van der Waals surface area contributed by atoms with Gasteiger partial charge in [0.15, 0.2) is 0 Å². The first-order chi connectivity index (χ1) is 14.0. The van der Waals surface area contributed by atoms with Gasteiger partial charge in [0, 0.05) is 35.1 Å². The number of fused-ring (bicyclic) bond motifs is 2. The van der Waals surface area contributed by atoms with Crippen LogP contribution in [0.25, 0.3) is 10.8 Å². The molecule has 0 bridgehead atoms. The summed E-state index contributed by atoms with van der Waals surface area (Å²) >= 11 is 6.10. The Labute approximate surface area is 174 Å². The van der Waals surface area contributed by atoms with Crippen molar-refractivity contribution in [2.75, 3.05) is 18.1 Å². The van der Waals surface area contributed by atoms with E-state index >= 15 is 0 Å². The lowest BCUT2D eigenvalue weighted by molar-refractivity contribution is -0.126. The fourth-order valence-corrected chi connectivity index (χ4v) is 3.89. The molecule has 4 rings (SSSR count). The third-order valence-corrected chi connectivity index (χ3v) is 5.22. The lowest BCUT2D eigenvalue weighted by atomic mass is 10.1. The lowest BCUT2D eigenvalue weighted by Gasteiger charge is -2.18. The van der Waals surface area contributed by atoms with Crippen molar-refractivity contribution in [2.24, 2.45) is 0 Å². The summed E-state index contributed by atoms with van der Waals surface area (Å²) in [6.45, 7) is 2.37. The predicted molar refractivity (Wildman–Crippen MR) is 114 cm³/mol. The third kappa shape index (κ3) is 3.91. The van der Waals surface area contributed by atoms with Crippen LogP contribution in [0, 0.1) is 0 Å². The lowest BCUT2D eigenvalue weighted by Crippen LogP contribution is -2.37. The Kier molecular flexibility index (Phi) is 5.41. The van der Waals surface area contributed by atoms with Gasteiger partial charge in [-0.3, -0.25) is 9.59 Å². The molecule has 0 aromatic heterocycles. The molecule has 1 aliphatic rings. The molecule has 3 aromatic rings. The number of halogens is 1. The van der Waals surface area contributed by atoms with Crippen molar-refractivity contribution in [1.29, 1.82) is 0 Å². The van der Waals surface area contributed by atoms with Crippen LogP contribution in [0.3, 0.4) is 0 Å². The van der Waals surface area contributed by atoms with Crippen molar-refractivity contribution in [3.05, 3.63) is 71.2 Å². The highest BCUT2D eigenvalue weighted by atomic mass is 35.5. The fourth-order valence-electron chi connectivity index (χ4n) is 3.71. The summed E-state index contributed by atoms with van der Waals surface area (Å²) in [4.78, 5) is 26.1. The zero-order valence-electron chi connectivity index (χ0n) is 16.0. The molecule has 0 saturated heterocycles. The van der Waals surface area contributed by atoms with Crippen LogP contribution < -0.4 is 15.0 Å². The highest BCUT2D eigenvalue weighted by molar-refractivity contribution is 6.31. The van der Waals surface area contributed by atoms with E-state index in [1.807, 2.05) is 36.4 Å². The standard InChI is InChI=1S/C23H21ClN2O3/c1-15(27)25-22-19-14-17(24)10-11-20(19)26(23(22)28)12-5-13-29-21-9-4-7-16-6-2-3-8-18(16)21/h2-4,6-11,14,22H,5,12-13H2,1H3,(H,25,27)/t22-/m1/s1. The highest BCUT2D eigenvalue weighted by Crippen LogP contribution is 2.37. The molecular weight excluding hydrogens is 388 g/mol. The van der Waals surface area contributed by atoms with Gasteiger partial charge in [-0.1, -0.05) is 48.0 Å². The van der Waals surface area contributed by atoms with Gasteiger partial charge >= 0.3 is 0 Å². The molecule has 0 saturated carbocycles. The SMILES string of the molecule is CC(=O)N[C@H]1C(=O)N(CCCOc2cccc3ccccc23)c2ccc(Cl)cc21. The molecule has 6 heteroatoms. The van der Waals surface area contributed by atoms with Crippen LogP contribution in [-0.4, -0.2) is 25.0 Å². The zero-order valence-corrected chi connectivity index (χ0v) is 16.8. The third-order valence-electron chi connectivity index (χ3n) is 4.99. The van der Waals surface area contributed by atoms with Crippen LogP contribution in [0.2, 0.25) is 5.02 Å². The number of ether oxygens (including phenoxy) is 1. The first-order valence-electron chi connectivity index (χ1n) is 9.53. The molecular formula is C23H21ClN2O3. The van der Waals surface area contributed by atoms with E-state index in [-0.39, 0.29) is 11.8 Å². The van der Waals surface area contributed by atoms with Gasteiger partial charge in [-0.2, -0.15) is 0 Å². The molecule has 1 N–H and O–H groups in total. The number of anilines is 1. The molecule has 1 atom stereocenters. The minimum absolute atomic E-state index is 0.150. The predicted octanol–water partition coefficient (Wildman–Crippen LogP) is 4.49. The number of hydrogen-bond donors (Lipinski definition) is 1. The van der Waals surface area contributed by atoms with Gasteiger partial charge in [-0.05, 0) is 36.1 Å². The summed E-state index contributed by atoms with van der Waals surface area (Å²) in [7, 11) is 0. The van der Waals surface area contributed by atoms with Gasteiger partial charge in [0.1, 0.15) is 11.8 Å². The first kappa shape index (κ1) is 19.3. The molecule has 5 nitrogen and oxygen atoms in total. The molecule has 29 heavy (non-hydrogen) atoms. The van der Waals surface area contributed by atoms with Crippen molar-refractivity contribution in [3.8, 4) is 5.75 Å². The van der Waals surface area contributed by atoms with Gasteiger partial charge in [0.2, 0.25) is 5.91 Å². The van der Waals surface area contributed by atoms with E-state index in [1.54, 1.807) is 17.0 Å². The maximum Gasteiger partial charge on any atom is 0.254 e. The molecule has 0 unspecified atom stereocenters. The van der Waals surface area contributed by atoms with Crippen molar-refractivity contribution < 1.29 is 14.3 Å². The van der Waals surface area contributed by atoms with Gasteiger partial charge in [-0.25, -0.2) is 0 Å². The average molecular weight is 409 g/mol. The molecule has 1 aliphatic heterocycles. The van der Waals surface area contributed by atoms with E-state index in [0.29, 0.717) is 24.6 Å². The molecule has 0 radical (unpaired) electrons. The molecule has 0 aliphatic carbocycles. The van der Waals surface area contributed by atoms with E-state index in [1.165, 1.54) is 6.92 Å². The van der Waals surface area contributed by atoms with Crippen molar-refractivity contribution >= 4 is 39.9 Å². The number of hydrogen-bond acceptors (Lipinski definition) is 3. The summed E-state index contributed by atoms with van der Waals surface area (Å²) in [5.74, 6) is 0.428. The highest BCUT2D eigenvalue weighted by Gasteiger charge is 2.37. The molecule has 1 heterocycles. The topological polar surface area (TPSA) is 58.6 Å². The molecule has 3 aromatic carbocycles. The van der Waals surface area contributed by atoms with Crippen LogP contribution in [0.4, 0.5) is 5.69 Å². The quantitative estimate of drug-likeness (QED) is 0.611. The Morgan fingerprint density at radius 3 is 2.76 bits per heavy atom. The minimum Gasteiger partial charge on any atom is -0.493 e. The van der Waals surface area contributed by atoms with Crippen LogP contribution in [-0.2, 0) is 9.59 Å². The van der Waals surface area contributed by atoms with Crippen LogP contribution in [0.5, 0.6) is 5.75 Å². The second kappa shape index (κ2) is 8.13. The monoisotopic (exact) mass is 408 g/mol. The second-order valence-electron chi connectivity index (χ2n) is 7.01. The number of benzene rings is 3.